The van der Waals surface area contributed by atoms with Crippen LogP contribution >= 0.6 is 24.0 Å². The van der Waals surface area contributed by atoms with Crippen LogP contribution in [0.4, 0.5) is 0 Å². The fraction of sp³-hybridized carbons (Fsp3) is 0.333. The molecule has 0 aliphatic rings. The largest absolute Gasteiger partial charge is 0.493 e. The standard InChI is InChI=1S/C24H31N5O2.HI/c1-4-25-24(28-17-20-10-11-21(30-2)22(16-20)31-3)27-13-12-23-26-14-15-29(23)18-19-8-6-5-7-9-19;/h5-11,14-16H,4,12-13,17-18H2,1-3H3,(H2,25,27,28);1H. The number of nitrogens with zero attached hydrogens (tertiary/aromatic N) is 3. The van der Waals surface area contributed by atoms with Crippen molar-refractivity contribution in [1.82, 2.24) is 20.2 Å². The van der Waals surface area contributed by atoms with Crippen molar-refractivity contribution in [3.8, 4) is 11.5 Å². The van der Waals surface area contributed by atoms with Crippen molar-refractivity contribution in [3.05, 3.63) is 77.9 Å². The molecule has 0 spiro atoms. The SMILES string of the molecule is CCNC(=NCc1ccc(OC)c(OC)c1)NCCc1nccn1Cc1ccccc1.I. The zero-order chi connectivity index (χ0) is 21.9. The van der Waals surface area contributed by atoms with Gasteiger partial charge < -0.3 is 24.7 Å². The van der Waals surface area contributed by atoms with Gasteiger partial charge in [-0.3, -0.25) is 0 Å². The summed E-state index contributed by atoms with van der Waals surface area (Å²) < 4.78 is 12.9. The van der Waals surface area contributed by atoms with Crippen molar-refractivity contribution in [2.45, 2.75) is 26.4 Å². The number of imidazole rings is 1. The number of guanidine groups is 1. The normalized spacial score (nSPS) is 10.9. The minimum absolute atomic E-state index is 0. The first-order valence-corrected chi connectivity index (χ1v) is 10.5. The highest BCUT2D eigenvalue weighted by Gasteiger charge is 2.06. The molecule has 0 aliphatic heterocycles. The Balaban J connectivity index is 0.00000363. The molecule has 0 amide bonds. The van der Waals surface area contributed by atoms with Gasteiger partial charge in [0.2, 0.25) is 0 Å². The molecule has 0 atom stereocenters. The van der Waals surface area contributed by atoms with Gasteiger partial charge in [-0.1, -0.05) is 36.4 Å². The number of methoxy groups -OCH3 is 2. The predicted octanol–water partition coefficient (Wildman–Crippen LogP) is 3.86. The van der Waals surface area contributed by atoms with Crippen LogP contribution in [0.5, 0.6) is 11.5 Å². The average Bonchev–Trinajstić information content (AvgIpc) is 3.24. The summed E-state index contributed by atoms with van der Waals surface area (Å²) in [7, 11) is 3.27. The van der Waals surface area contributed by atoms with Crippen molar-refractivity contribution in [2.75, 3.05) is 27.3 Å². The number of benzene rings is 2. The van der Waals surface area contributed by atoms with Gasteiger partial charge in [0.1, 0.15) is 5.82 Å². The first kappa shape index (κ1) is 25.5. The highest BCUT2D eigenvalue weighted by atomic mass is 127. The minimum Gasteiger partial charge on any atom is -0.493 e. The molecule has 2 aromatic carbocycles. The van der Waals surface area contributed by atoms with Gasteiger partial charge in [-0.25, -0.2) is 9.98 Å². The van der Waals surface area contributed by atoms with Gasteiger partial charge in [0.25, 0.3) is 0 Å². The molecular formula is C24H32IN5O2. The molecule has 3 rings (SSSR count). The summed E-state index contributed by atoms with van der Waals surface area (Å²) in [5.74, 6) is 3.25. The van der Waals surface area contributed by atoms with Crippen molar-refractivity contribution < 1.29 is 9.47 Å². The van der Waals surface area contributed by atoms with Crippen LogP contribution in [0.3, 0.4) is 0 Å². The van der Waals surface area contributed by atoms with Crippen LogP contribution in [0.25, 0.3) is 0 Å². The molecule has 0 saturated heterocycles. The van der Waals surface area contributed by atoms with E-state index in [2.05, 4.69) is 51.4 Å². The number of aliphatic imine (C=N–C) groups is 1. The lowest BCUT2D eigenvalue weighted by molar-refractivity contribution is 0.354. The second-order valence-corrected chi connectivity index (χ2v) is 7.02. The van der Waals surface area contributed by atoms with Gasteiger partial charge >= 0.3 is 0 Å². The van der Waals surface area contributed by atoms with E-state index in [0.29, 0.717) is 18.0 Å². The van der Waals surface area contributed by atoms with Crippen molar-refractivity contribution in [3.63, 3.8) is 0 Å². The number of aromatic nitrogens is 2. The predicted molar refractivity (Wildman–Crippen MR) is 139 cm³/mol. The zero-order valence-corrected chi connectivity index (χ0v) is 21.2. The molecule has 1 heterocycles. The molecule has 7 nitrogen and oxygen atoms in total. The van der Waals surface area contributed by atoms with E-state index in [-0.39, 0.29) is 24.0 Å². The molecule has 0 radical (unpaired) electrons. The van der Waals surface area contributed by atoms with Gasteiger partial charge in [0, 0.05) is 38.4 Å². The summed E-state index contributed by atoms with van der Waals surface area (Å²) in [4.78, 5) is 9.22. The Hall–Kier alpha value is -2.75. The van der Waals surface area contributed by atoms with E-state index >= 15 is 0 Å². The molecule has 2 N–H and O–H groups in total. The fourth-order valence-corrected chi connectivity index (χ4v) is 3.28. The van der Waals surface area contributed by atoms with Crippen molar-refractivity contribution >= 4 is 29.9 Å². The van der Waals surface area contributed by atoms with Crippen LogP contribution in [-0.2, 0) is 19.5 Å². The fourth-order valence-electron chi connectivity index (χ4n) is 3.28. The molecular weight excluding hydrogens is 517 g/mol. The first-order chi connectivity index (χ1) is 15.2. The second-order valence-electron chi connectivity index (χ2n) is 7.02. The van der Waals surface area contributed by atoms with Crippen LogP contribution in [0.15, 0.2) is 65.9 Å². The molecule has 8 heteroatoms. The van der Waals surface area contributed by atoms with E-state index in [1.165, 1.54) is 5.56 Å². The third-order valence-corrected chi connectivity index (χ3v) is 4.85. The van der Waals surface area contributed by atoms with Crippen LogP contribution in [0.2, 0.25) is 0 Å². The number of hydrogen-bond acceptors (Lipinski definition) is 4. The summed E-state index contributed by atoms with van der Waals surface area (Å²) in [6.45, 7) is 4.95. The summed E-state index contributed by atoms with van der Waals surface area (Å²) in [6.07, 6.45) is 4.69. The van der Waals surface area contributed by atoms with Gasteiger partial charge in [0.15, 0.2) is 17.5 Å². The third-order valence-electron chi connectivity index (χ3n) is 4.85. The van der Waals surface area contributed by atoms with Gasteiger partial charge in [-0.15, -0.1) is 24.0 Å². The average molecular weight is 549 g/mol. The topological polar surface area (TPSA) is 72.7 Å². The summed E-state index contributed by atoms with van der Waals surface area (Å²) >= 11 is 0. The Morgan fingerprint density at radius 2 is 1.78 bits per heavy atom. The summed E-state index contributed by atoms with van der Waals surface area (Å²) in [6, 6.07) is 16.3. The second kappa shape index (κ2) is 13.6. The maximum Gasteiger partial charge on any atom is 0.191 e. The highest BCUT2D eigenvalue weighted by molar-refractivity contribution is 14.0. The summed E-state index contributed by atoms with van der Waals surface area (Å²) in [5, 5.41) is 6.70. The van der Waals surface area contributed by atoms with Crippen LogP contribution < -0.4 is 20.1 Å². The Morgan fingerprint density at radius 3 is 2.50 bits per heavy atom. The lowest BCUT2D eigenvalue weighted by Crippen LogP contribution is -2.38. The van der Waals surface area contributed by atoms with Gasteiger partial charge in [-0.2, -0.15) is 0 Å². The van der Waals surface area contributed by atoms with Crippen LogP contribution in [0.1, 0.15) is 23.9 Å². The maximum absolute atomic E-state index is 5.38. The maximum atomic E-state index is 5.38. The number of rotatable bonds is 10. The van der Waals surface area contributed by atoms with E-state index in [1.807, 2.05) is 36.7 Å². The number of halogens is 1. The molecule has 0 bridgehead atoms. The minimum atomic E-state index is 0. The van der Waals surface area contributed by atoms with E-state index in [0.717, 1.165) is 43.4 Å². The Morgan fingerprint density at radius 1 is 1.00 bits per heavy atom. The quantitative estimate of drug-likeness (QED) is 0.228. The molecule has 172 valence electrons. The zero-order valence-electron chi connectivity index (χ0n) is 18.9. The van der Waals surface area contributed by atoms with Crippen molar-refractivity contribution in [2.24, 2.45) is 4.99 Å². The lowest BCUT2D eigenvalue weighted by atomic mass is 10.2. The van der Waals surface area contributed by atoms with Gasteiger partial charge in [0.05, 0.1) is 20.8 Å². The molecule has 0 unspecified atom stereocenters. The summed E-state index contributed by atoms with van der Waals surface area (Å²) in [5.41, 5.74) is 2.31. The van der Waals surface area contributed by atoms with E-state index in [9.17, 15) is 0 Å². The number of nitrogens with one attached hydrogen (secondary N) is 2. The Labute approximate surface area is 207 Å². The van der Waals surface area contributed by atoms with Crippen LogP contribution in [0, 0.1) is 0 Å². The van der Waals surface area contributed by atoms with E-state index in [4.69, 9.17) is 14.5 Å². The molecule has 0 fully saturated rings. The smallest absolute Gasteiger partial charge is 0.191 e. The molecule has 32 heavy (non-hydrogen) atoms. The highest BCUT2D eigenvalue weighted by Crippen LogP contribution is 2.27. The van der Waals surface area contributed by atoms with E-state index in [1.54, 1.807) is 14.2 Å². The molecule has 1 aromatic heterocycles. The van der Waals surface area contributed by atoms with Gasteiger partial charge in [-0.05, 0) is 30.2 Å². The molecule has 0 aliphatic carbocycles. The van der Waals surface area contributed by atoms with Crippen molar-refractivity contribution in [1.29, 1.82) is 0 Å². The number of hydrogen-bond donors (Lipinski definition) is 2. The van der Waals surface area contributed by atoms with E-state index < -0.39 is 0 Å². The first-order valence-electron chi connectivity index (χ1n) is 10.5. The number of ether oxygens (including phenoxy) is 2. The Bertz CT molecular complexity index is 976. The monoisotopic (exact) mass is 549 g/mol. The van der Waals surface area contributed by atoms with Crippen LogP contribution in [-0.4, -0.2) is 42.8 Å². The third kappa shape index (κ3) is 7.44. The molecule has 3 aromatic rings. The molecule has 0 saturated carbocycles. The Kier molecular flexibility index (Phi) is 10.9. The lowest BCUT2D eigenvalue weighted by Gasteiger charge is -2.13.